The number of nitrogens with one attached hydrogen (secondary N) is 1. The SMILES string of the molecule is O=C(COC(=O)COc1ccc(Br)cc1)NCC1CCCCC1. The van der Waals surface area contributed by atoms with Crippen LogP contribution in [-0.2, 0) is 14.3 Å². The van der Waals surface area contributed by atoms with Crippen molar-refractivity contribution in [3.05, 3.63) is 28.7 Å². The normalized spacial score (nSPS) is 15.0. The van der Waals surface area contributed by atoms with Gasteiger partial charge in [-0.05, 0) is 43.0 Å². The van der Waals surface area contributed by atoms with Gasteiger partial charge in [-0.15, -0.1) is 0 Å². The van der Waals surface area contributed by atoms with Crippen molar-refractivity contribution in [1.29, 1.82) is 0 Å². The van der Waals surface area contributed by atoms with E-state index in [-0.39, 0.29) is 19.1 Å². The minimum absolute atomic E-state index is 0.211. The van der Waals surface area contributed by atoms with E-state index in [1.807, 2.05) is 12.1 Å². The summed E-state index contributed by atoms with van der Waals surface area (Å²) in [5, 5.41) is 2.83. The highest BCUT2D eigenvalue weighted by Crippen LogP contribution is 2.22. The fraction of sp³-hybridized carbons (Fsp3) is 0.529. The van der Waals surface area contributed by atoms with Crippen LogP contribution in [0.2, 0.25) is 0 Å². The van der Waals surface area contributed by atoms with Gasteiger partial charge < -0.3 is 14.8 Å². The Morgan fingerprint density at radius 1 is 1.09 bits per heavy atom. The van der Waals surface area contributed by atoms with Crippen LogP contribution >= 0.6 is 15.9 Å². The number of rotatable bonds is 7. The minimum Gasteiger partial charge on any atom is -0.482 e. The molecule has 0 spiro atoms. The molecule has 0 unspecified atom stereocenters. The summed E-state index contributed by atoms with van der Waals surface area (Å²) in [7, 11) is 0. The highest BCUT2D eigenvalue weighted by atomic mass is 79.9. The molecule has 0 aromatic heterocycles. The quantitative estimate of drug-likeness (QED) is 0.734. The molecule has 5 nitrogen and oxygen atoms in total. The number of carbonyl (C=O) groups is 2. The molecular weight excluding hydrogens is 362 g/mol. The highest BCUT2D eigenvalue weighted by molar-refractivity contribution is 9.10. The van der Waals surface area contributed by atoms with Crippen LogP contribution < -0.4 is 10.1 Å². The third-order valence-electron chi connectivity index (χ3n) is 3.85. The maximum Gasteiger partial charge on any atom is 0.344 e. The van der Waals surface area contributed by atoms with E-state index in [9.17, 15) is 9.59 Å². The van der Waals surface area contributed by atoms with Gasteiger partial charge in [0, 0.05) is 11.0 Å². The average Bonchev–Trinajstić information content (AvgIpc) is 2.58. The number of amides is 1. The molecule has 126 valence electrons. The smallest absolute Gasteiger partial charge is 0.344 e. The van der Waals surface area contributed by atoms with Crippen LogP contribution in [-0.4, -0.2) is 31.6 Å². The molecule has 0 radical (unpaired) electrons. The first-order valence-corrected chi connectivity index (χ1v) is 8.73. The molecule has 0 saturated heterocycles. The Labute approximate surface area is 144 Å². The molecule has 1 aliphatic rings. The lowest BCUT2D eigenvalue weighted by molar-refractivity contribution is -0.150. The second-order valence-electron chi connectivity index (χ2n) is 5.71. The standard InChI is InChI=1S/C17H22BrNO4/c18-14-6-8-15(9-7-14)22-12-17(21)23-11-16(20)19-10-13-4-2-1-3-5-13/h6-9,13H,1-5,10-12H2,(H,19,20). The van der Waals surface area contributed by atoms with Crippen LogP contribution in [0.25, 0.3) is 0 Å². The van der Waals surface area contributed by atoms with Gasteiger partial charge in [-0.2, -0.15) is 0 Å². The summed E-state index contributed by atoms with van der Waals surface area (Å²) in [5.41, 5.74) is 0. The Bertz CT molecular complexity index is 512. The zero-order chi connectivity index (χ0) is 16.5. The second kappa shape index (κ2) is 9.55. The second-order valence-corrected chi connectivity index (χ2v) is 6.63. The molecular formula is C17H22BrNO4. The van der Waals surface area contributed by atoms with Crippen molar-refractivity contribution in [2.45, 2.75) is 32.1 Å². The summed E-state index contributed by atoms with van der Waals surface area (Å²) in [6.45, 7) is 0.207. The lowest BCUT2D eigenvalue weighted by Gasteiger charge is -2.21. The molecule has 0 atom stereocenters. The zero-order valence-corrected chi connectivity index (χ0v) is 14.6. The first kappa shape index (κ1) is 17.8. The third-order valence-corrected chi connectivity index (χ3v) is 4.38. The number of halogens is 1. The Morgan fingerprint density at radius 2 is 1.78 bits per heavy atom. The molecule has 1 fully saturated rings. The van der Waals surface area contributed by atoms with E-state index in [0.29, 0.717) is 18.2 Å². The number of esters is 1. The van der Waals surface area contributed by atoms with Crippen LogP contribution in [0.3, 0.4) is 0 Å². The molecule has 0 bridgehead atoms. The number of ether oxygens (including phenoxy) is 2. The van der Waals surface area contributed by atoms with Crippen molar-refractivity contribution < 1.29 is 19.1 Å². The lowest BCUT2D eigenvalue weighted by Crippen LogP contribution is -2.34. The van der Waals surface area contributed by atoms with E-state index in [4.69, 9.17) is 9.47 Å². The zero-order valence-electron chi connectivity index (χ0n) is 13.1. The molecule has 2 rings (SSSR count). The molecule has 23 heavy (non-hydrogen) atoms. The number of hydrogen-bond donors (Lipinski definition) is 1. The first-order valence-electron chi connectivity index (χ1n) is 7.94. The van der Waals surface area contributed by atoms with Crippen molar-refractivity contribution >= 4 is 27.8 Å². The van der Waals surface area contributed by atoms with E-state index in [1.165, 1.54) is 32.1 Å². The third kappa shape index (κ3) is 7.03. The summed E-state index contributed by atoms with van der Waals surface area (Å²) >= 11 is 3.32. The van der Waals surface area contributed by atoms with Gasteiger partial charge in [0.2, 0.25) is 0 Å². The van der Waals surface area contributed by atoms with E-state index in [1.54, 1.807) is 12.1 Å². The van der Waals surface area contributed by atoms with Gasteiger partial charge in [0.05, 0.1) is 0 Å². The van der Waals surface area contributed by atoms with Crippen molar-refractivity contribution in [2.75, 3.05) is 19.8 Å². The molecule has 0 aliphatic heterocycles. The fourth-order valence-electron chi connectivity index (χ4n) is 2.56. The highest BCUT2D eigenvalue weighted by Gasteiger charge is 2.15. The molecule has 6 heteroatoms. The molecule has 0 heterocycles. The monoisotopic (exact) mass is 383 g/mol. The summed E-state index contributed by atoms with van der Waals surface area (Å²) in [6, 6.07) is 7.13. The molecule has 1 amide bonds. The lowest BCUT2D eigenvalue weighted by atomic mass is 9.89. The van der Waals surface area contributed by atoms with Crippen molar-refractivity contribution in [3.63, 3.8) is 0 Å². The van der Waals surface area contributed by atoms with Crippen LogP contribution in [0.1, 0.15) is 32.1 Å². The van der Waals surface area contributed by atoms with Gasteiger partial charge in [-0.25, -0.2) is 4.79 Å². The van der Waals surface area contributed by atoms with E-state index in [2.05, 4.69) is 21.2 Å². The van der Waals surface area contributed by atoms with Crippen molar-refractivity contribution in [2.24, 2.45) is 5.92 Å². The Hall–Kier alpha value is -1.56. The van der Waals surface area contributed by atoms with Gasteiger partial charge in [-0.1, -0.05) is 35.2 Å². The van der Waals surface area contributed by atoms with Crippen LogP contribution in [0.5, 0.6) is 5.75 Å². The molecule has 1 aromatic carbocycles. The summed E-state index contributed by atoms with van der Waals surface area (Å²) in [6.07, 6.45) is 6.11. The van der Waals surface area contributed by atoms with Gasteiger partial charge >= 0.3 is 5.97 Å². The first-order chi connectivity index (χ1) is 11.1. The maximum atomic E-state index is 11.7. The molecule has 1 aromatic rings. The van der Waals surface area contributed by atoms with Gasteiger partial charge in [0.25, 0.3) is 5.91 Å². The van der Waals surface area contributed by atoms with Crippen LogP contribution in [0.4, 0.5) is 0 Å². The van der Waals surface area contributed by atoms with Crippen molar-refractivity contribution in [3.8, 4) is 5.75 Å². The summed E-state index contributed by atoms with van der Waals surface area (Å²) in [4.78, 5) is 23.2. The summed E-state index contributed by atoms with van der Waals surface area (Å²) in [5.74, 6) is 0.323. The predicted octanol–water partition coefficient (Wildman–Crippen LogP) is 3.07. The van der Waals surface area contributed by atoms with Crippen LogP contribution in [0, 0.1) is 5.92 Å². The number of carbonyl (C=O) groups excluding carboxylic acids is 2. The largest absolute Gasteiger partial charge is 0.482 e. The van der Waals surface area contributed by atoms with Crippen molar-refractivity contribution in [1.82, 2.24) is 5.32 Å². The van der Waals surface area contributed by atoms with E-state index < -0.39 is 5.97 Å². The van der Waals surface area contributed by atoms with Gasteiger partial charge in [-0.3, -0.25) is 4.79 Å². The maximum absolute atomic E-state index is 11.7. The molecule has 1 aliphatic carbocycles. The molecule has 1 N–H and O–H groups in total. The average molecular weight is 384 g/mol. The topological polar surface area (TPSA) is 64.6 Å². The Morgan fingerprint density at radius 3 is 2.48 bits per heavy atom. The van der Waals surface area contributed by atoms with Crippen LogP contribution in [0.15, 0.2) is 28.7 Å². The summed E-state index contributed by atoms with van der Waals surface area (Å²) < 4.78 is 11.1. The van der Waals surface area contributed by atoms with E-state index in [0.717, 1.165) is 4.47 Å². The molecule has 1 saturated carbocycles. The fourth-order valence-corrected chi connectivity index (χ4v) is 2.83. The predicted molar refractivity (Wildman–Crippen MR) is 90.2 cm³/mol. The number of hydrogen-bond acceptors (Lipinski definition) is 4. The van der Waals surface area contributed by atoms with E-state index >= 15 is 0 Å². The van der Waals surface area contributed by atoms with Gasteiger partial charge in [0.1, 0.15) is 5.75 Å². The Kier molecular flexibility index (Phi) is 7.39. The van der Waals surface area contributed by atoms with Gasteiger partial charge in [0.15, 0.2) is 13.2 Å². The number of benzene rings is 1. The minimum atomic E-state index is -0.555. The Balaban J connectivity index is 1.57.